The van der Waals surface area contributed by atoms with E-state index in [0.29, 0.717) is 18.3 Å². The zero-order valence-electron chi connectivity index (χ0n) is 12.9. The van der Waals surface area contributed by atoms with E-state index < -0.39 is 0 Å². The molecule has 3 rings (SSSR count). The average Bonchev–Trinajstić information content (AvgIpc) is 2.62. The van der Waals surface area contributed by atoms with Crippen LogP contribution in [0.3, 0.4) is 0 Å². The van der Waals surface area contributed by atoms with Crippen LogP contribution in [0.4, 0.5) is 17.5 Å². The van der Waals surface area contributed by atoms with Crippen LogP contribution in [-0.2, 0) is 13.0 Å². The average molecular weight is 306 g/mol. The number of nitrogens with zero attached hydrogens (tertiary/aromatic N) is 4. The Morgan fingerprint density at radius 2 is 1.91 bits per heavy atom. The van der Waals surface area contributed by atoms with E-state index in [-0.39, 0.29) is 0 Å². The molecule has 116 valence electrons. The molecule has 2 heterocycles. The summed E-state index contributed by atoms with van der Waals surface area (Å²) in [6.07, 6.45) is 4.30. The number of pyridine rings is 1. The lowest BCUT2D eigenvalue weighted by atomic mass is 10.1. The molecule has 1 aromatic carbocycles. The van der Waals surface area contributed by atoms with Gasteiger partial charge in [0.25, 0.3) is 0 Å². The Morgan fingerprint density at radius 3 is 2.74 bits per heavy atom. The standard InChI is InChI=1S/C17H18N6/c1-2-13-7-3-4-9-15(13)21-17-22-16(12-20-23-17)19-11-14-8-5-6-10-18-14/h3-10,12H,2,11H2,1H3,(H2,19,21,22,23). The van der Waals surface area contributed by atoms with E-state index in [2.05, 4.69) is 43.8 Å². The molecule has 0 amide bonds. The van der Waals surface area contributed by atoms with E-state index in [1.807, 2.05) is 36.4 Å². The van der Waals surface area contributed by atoms with Gasteiger partial charge in [0, 0.05) is 11.9 Å². The second-order valence-electron chi connectivity index (χ2n) is 4.98. The van der Waals surface area contributed by atoms with Crippen LogP contribution in [0.5, 0.6) is 0 Å². The van der Waals surface area contributed by atoms with Crippen molar-refractivity contribution in [3.8, 4) is 0 Å². The third-order valence-electron chi connectivity index (χ3n) is 3.38. The van der Waals surface area contributed by atoms with Crippen molar-refractivity contribution in [2.24, 2.45) is 0 Å². The Labute approximate surface area is 135 Å². The van der Waals surface area contributed by atoms with Gasteiger partial charge in [-0.25, -0.2) is 0 Å². The summed E-state index contributed by atoms with van der Waals surface area (Å²) in [5.41, 5.74) is 3.15. The first-order valence-electron chi connectivity index (χ1n) is 7.53. The molecule has 0 saturated heterocycles. The second-order valence-corrected chi connectivity index (χ2v) is 4.98. The highest BCUT2D eigenvalue weighted by Crippen LogP contribution is 2.19. The molecule has 0 radical (unpaired) electrons. The highest BCUT2D eigenvalue weighted by Gasteiger charge is 2.04. The van der Waals surface area contributed by atoms with Gasteiger partial charge in [0.05, 0.1) is 18.4 Å². The predicted molar refractivity (Wildman–Crippen MR) is 90.5 cm³/mol. The molecule has 0 unspecified atom stereocenters. The molecule has 0 fully saturated rings. The summed E-state index contributed by atoms with van der Waals surface area (Å²) in [6.45, 7) is 2.70. The largest absolute Gasteiger partial charge is 0.363 e. The summed E-state index contributed by atoms with van der Waals surface area (Å²) >= 11 is 0. The molecular weight excluding hydrogens is 288 g/mol. The fourth-order valence-electron chi connectivity index (χ4n) is 2.20. The predicted octanol–water partition coefficient (Wildman–Crippen LogP) is 3.18. The van der Waals surface area contributed by atoms with Crippen molar-refractivity contribution in [1.29, 1.82) is 0 Å². The summed E-state index contributed by atoms with van der Waals surface area (Å²) in [5, 5.41) is 14.4. The molecule has 2 aromatic heterocycles. The third-order valence-corrected chi connectivity index (χ3v) is 3.38. The molecule has 0 aliphatic carbocycles. The fourth-order valence-corrected chi connectivity index (χ4v) is 2.20. The molecule has 3 aromatic rings. The topological polar surface area (TPSA) is 75.6 Å². The van der Waals surface area contributed by atoms with Crippen LogP contribution in [0.25, 0.3) is 0 Å². The zero-order chi connectivity index (χ0) is 15.9. The number of hydrogen-bond acceptors (Lipinski definition) is 6. The fraction of sp³-hybridized carbons (Fsp3) is 0.176. The lowest BCUT2D eigenvalue weighted by Gasteiger charge is -2.10. The lowest BCUT2D eigenvalue weighted by molar-refractivity contribution is 0.954. The van der Waals surface area contributed by atoms with Crippen LogP contribution >= 0.6 is 0 Å². The Kier molecular flexibility index (Phi) is 4.73. The Morgan fingerprint density at radius 1 is 1.04 bits per heavy atom. The highest BCUT2D eigenvalue weighted by molar-refractivity contribution is 5.58. The van der Waals surface area contributed by atoms with Gasteiger partial charge in [-0.2, -0.15) is 10.1 Å². The number of aromatic nitrogens is 4. The molecule has 23 heavy (non-hydrogen) atoms. The van der Waals surface area contributed by atoms with E-state index >= 15 is 0 Å². The van der Waals surface area contributed by atoms with E-state index in [1.165, 1.54) is 5.56 Å². The molecule has 0 bridgehead atoms. The molecular formula is C17H18N6. The van der Waals surface area contributed by atoms with Crippen LogP contribution in [0, 0.1) is 0 Å². The van der Waals surface area contributed by atoms with E-state index in [9.17, 15) is 0 Å². The van der Waals surface area contributed by atoms with Crippen molar-refractivity contribution < 1.29 is 0 Å². The summed E-state index contributed by atoms with van der Waals surface area (Å²) < 4.78 is 0. The number of nitrogens with one attached hydrogen (secondary N) is 2. The quantitative estimate of drug-likeness (QED) is 0.728. The molecule has 2 N–H and O–H groups in total. The Balaban J connectivity index is 1.70. The second kappa shape index (κ2) is 7.31. The maximum Gasteiger partial charge on any atom is 0.249 e. The maximum atomic E-state index is 4.43. The first kappa shape index (κ1) is 14.9. The Hall–Kier alpha value is -3.02. The van der Waals surface area contributed by atoms with Gasteiger partial charge in [-0.1, -0.05) is 31.2 Å². The van der Waals surface area contributed by atoms with Crippen molar-refractivity contribution in [3.05, 3.63) is 66.1 Å². The summed E-state index contributed by atoms with van der Waals surface area (Å²) in [5.74, 6) is 1.12. The number of benzene rings is 1. The van der Waals surface area contributed by atoms with E-state index in [4.69, 9.17) is 0 Å². The summed E-state index contributed by atoms with van der Waals surface area (Å²) in [4.78, 5) is 8.70. The van der Waals surface area contributed by atoms with Crippen LogP contribution < -0.4 is 10.6 Å². The lowest BCUT2D eigenvalue weighted by Crippen LogP contribution is -2.07. The van der Waals surface area contributed by atoms with Crippen molar-refractivity contribution in [3.63, 3.8) is 0 Å². The van der Waals surface area contributed by atoms with Gasteiger partial charge < -0.3 is 10.6 Å². The third kappa shape index (κ3) is 4.00. The first-order valence-corrected chi connectivity index (χ1v) is 7.53. The van der Waals surface area contributed by atoms with Gasteiger partial charge in [0.2, 0.25) is 5.95 Å². The molecule has 6 heteroatoms. The molecule has 0 aliphatic rings. The van der Waals surface area contributed by atoms with Crippen LogP contribution in [-0.4, -0.2) is 20.2 Å². The minimum Gasteiger partial charge on any atom is -0.363 e. The van der Waals surface area contributed by atoms with Gasteiger partial charge >= 0.3 is 0 Å². The minimum atomic E-state index is 0.469. The van der Waals surface area contributed by atoms with Crippen molar-refractivity contribution in [2.45, 2.75) is 19.9 Å². The molecule has 0 aliphatic heterocycles. The molecule has 6 nitrogen and oxygen atoms in total. The minimum absolute atomic E-state index is 0.469. The van der Waals surface area contributed by atoms with Gasteiger partial charge in [0.15, 0.2) is 5.82 Å². The van der Waals surface area contributed by atoms with Gasteiger partial charge in [-0.15, -0.1) is 5.10 Å². The number of anilines is 3. The Bertz CT molecular complexity index is 760. The molecule has 0 spiro atoms. The number of para-hydroxylation sites is 1. The van der Waals surface area contributed by atoms with E-state index in [0.717, 1.165) is 17.8 Å². The van der Waals surface area contributed by atoms with Crippen LogP contribution in [0.1, 0.15) is 18.2 Å². The van der Waals surface area contributed by atoms with Gasteiger partial charge in [-0.05, 0) is 30.2 Å². The van der Waals surface area contributed by atoms with Gasteiger partial charge in [-0.3, -0.25) is 4.98 Å². The molecule has 0 atom stereocenters. The smallest absolute Gasteiger partial charge is 0.249 e. The first-order chi connectivity index (χ1) is 11.3. The van der Waals surface area contributed by atoms with Crippen LogP contribution in [0.15, 0.2) is 54.9 Å². The summed E-state index contributed by atoms with van der Waals surface area (Å²) in [6, 6.07) is 13.9. The summed E-state index contributed by atoms with van der Waals surface area (Å²) in [7, 11) is 0. The number of aryl methyl sites for hydroxylation is 1. The van der Waals surface area contributed by atoms with Gasteiger partial charge in [0.1, 0.15) is 0 Å². The zero-order valence-corrected chi connectivity index (χ0v) is 12.9. The monoisotopic (exact) mass is 306 g/mol. The van der Waals surface area contributed by atoms with E-state index in [1.54, 1.807) is 12.4 Å². The van der Waals surface area contributed by atoms with Crippen molar-refractivity contribution in [2.75, 3.05) is 10.6 Å². The SMILES string of the molecule is CCc1ccccc1Nc1nncc(NCc2ccccn2)n1. The number of rotatable bonds is 6. The normalized spacial score (nSPS) is 10.3. The number of hydrogen-bond donors (Lipinski definition) is 2. The van der Waals surface area contributed by atoms with Crippen molar-refractivity contribution in [1.82, 2.24) is 20.2 Å². The van der Waals surface area contributed by atoms with Crippen molar-refractivity contribution >= 4 is 17.5 Å². The highest BCUT2D eigenvalue weighted by atomic mass is 15.3. The molecule has 0 saturated carbocycles. The maximum absolute atomic E-state index is 4.43. The van der Waals surface area contributed by atoms with Crippen LogP contribution in [0.2, 0.25) is 0 Å².